The van der Waals surface area contributed by atoms with Crippen molar-refractivity contribution in [1.29, 1.82) is 0 Å². The van der Waals surface area contributed by atoms with Gasteiger partial charge in [0.25, 0.3) is 0 Å². The van der Waals surface area contributed by atoms with Crippen LogP contribution in [0.25, 0.3) is 11.0 Å². The first-order valence-electron chi connectivity index (χ1n) is 12.1. The molecular formula is C24H36N6O3. The molecule has 2 aliphatic heterocycles. The van der Waals surface area contributed by atoms with Gasteiger partial charge in [-0.1, -0.05) is 19.8 Å². The highest BCUT2D eigenvalue weighted by atomic mass is 16.5. The lowest BCUT2D eigenvalue weighted by Gasteiger charge is -2.34. The zero-order chi connectivity index (χ0) is 23.4. The number of anilines is 1. The van der Waals surface area contributed by atoms with E-state index in [1.807, 2.05) is 4.90 Å². The van der Waals surface area contributed by atoms with Crippen LogP contribution in [-0.2, 0) is 9.59 Å². The highest BCUT2D eigenvalue weighted by molar-refractivity contribution is 5.81. The number of likely N-dealkylation sites (tertiary alicyclic amines) is 1. The van der Waals surface area contributed by atoms with Gasteiger partial charge < -0.3 is 19.7 Å². The standard InChI is InChI=1S/C24H36N6O3/c1-3-4-6-18(16-29(33)17-31)24(32)30-10-5-7-22(30)23-25-20-9-8-19(15-21(20)26-23)28-13-11-27(2)12-14-28/h8-9,15,17-18,22,33H,3-7,10-14,16H2,1-2H3,(H,25,26)/t18-,22+/m1/s1. The van der Waals surface area contributed by atoms with Gasteiger partial charge in [0.2, 0.25) is 12.3 Å². The highest BCUT2D eigenvalue weighted by Crippen LogP contribution is 2.34. The van der Waals surface area contributed by atoms with Gasteiger partial charge in [0.15, 0.2) is 0 Å². The first kappa shape index (κ1) is 23.5. The van der Waals surface area contributed by atoms with Gasteiger partial charge in [0.1, 0.15) is 5.82 Å². The second kappa shape index (κ2) is 10.5. The van der Waals surface area contributed by atoms with Crippen LogP contribution in [0, 0.1) is 5.92 Å². The van der Waals surface area contributed by atoms with Gasteiger partial charge in [-0.3, -0.25) is 14.8 Å². The molecule has 2 amide bonds. The number of nitrogens with one attached hydrogen (secondary N) is 1. The van der Waals surface area contributed by atoms with E-state index in [0.717, 1.165) is 68.7 Å². The van der Waals surface area contributed by atoms with E-state index in [4.69, 9.17) is 4.98 Å². The second-order valence-corrected chi connectivity index (χ2v) is 9.37. The Hall–Kier alpha value is -2.65. The molecule has 0 saturated carbocycles. The quantitative estimate of drug-likeness (QED) is 0.342. The largest absolute Gasteiger partial charge is 0.369 e. The molecule has 2 atom stereocenters. The van der Waals surface area contributed by atoms with Crippen LogP contribution in [0.15, 0.2) is 18.2 Å². The topological polar surface area (TPSA) is 96.0 Å². The molecule has 0 aliphatic carbocycles. The molecule has 1 aromatic heterocycles. The van der Waals surface area contributed by atoms with Crippen molar-refractivity contribution in [3.05, 3.63) is 24.0 Å². The maximum Gasteiger partial charge on any atom is 0.233 e. The summed E-state index contributed by atoms with van der Waals surface area (Å²) in [6, 6.07) is 6.26. The van der Waals surface area contributed by atoms with Gasteiger partial charge in [0, 0.05) is 38.4 Å². The molecule has 0 radical (unpaired) electrons. The van der Waals surface area contributed by atoms with Crippen LogP contribution in [0.4, 0.5) is 5.69 Å². The number of hydroxylamine groups is 2. The third kappa shape index (κ3) is 5.30. The summed E-state index contributed by atoms with van der Waals surface area (Å²) in [5, 5.41) is 10.3. The molecule has 2 N–H and O–H groups in total. The summed E-state index contributed by atoms with van der Waals surface area (Å²) in [6.45, 7) is 6.89. The smallest absolute Gasteiger partial charge is 0.233 e. The Morgan fingerprint density at radius 2 is 2.09 bits per heavy atom. The maximum atomic E-state index is 13.4. The molecule has 2 fully saturated rings. The van der Waals surface area contributed by atoms with Gasteiger partial charge in [0.05, 0.1) is 29.5 Å². The third-order valence-electron chi connectivity index (χ3n) is 6.99. The van der Waals surface area contributed by atoms with Crippen LogP contribution in [-0.4, -0.2) is 88.7 Å². The Morgan fingerprint density at radius 3 is 2.82 bits per heavy atom. The number of benzene rings is 1. The fraction of sp³-hybridized carbons (Fsp3) is 0.625. The summed E-state index contributed by atoms with van der Waals surface area (Å²) in [4.78, 5) is 39.3. The predicted molar refractivity (Wildman–Crippen MR) is 127 cm³/mol. The van der Waals surface area contributed by atoms with Crippen molar-refractivity contribution in [3.8, 4) is 0 Å². The third-order valence-corrected chi connectivity index (χ3v) is 6.99. The average molecular weight is 457 g/mol. The van der Waals surface area contributed by atoms with Crippen LogP contribution >= 0.6 is 0 Å². The lowest BCUT2D eigenvalue weighted by molar-refractivity contribution is -0.157. The zero-order valence-corrected chi connectivity index (χ0v) is 19.7. The van der Waals surface area contributed by atoms with E-state index in [1.54, 1.807) is 0 Å². The summed E-state index contributed by atoms with van der Waals surface area (Å²) >= 11 is 0. The van der Waals surface area contributed by atoms with E-state index in [0.29, 0.717) is 24.4 Å². The zero-order valence-electron chi connectivity index (χ0n) is 19.7. The minimum Gasteiger partial charge on any atom is -0.369 e. The number of carbonyl (C=O) groups is 2. The lowest BCUT2D eigenvalue weighted by atomic mass is 9.99. The molecule has 2 aromatic rings. The number of likely N-dealkylation sites (N-methyl/N-ethyl adjacent to an activating group) is 1. The first-order chi connectivity index (χ1) is 16.0. The predicted octanol–water partition coefficient (Wildman–Crippen LogP) is 2.63. The number of hydrogen-bond acceptors (Lipinski definition) is 6. The Kier molecular flexibility index (Phi) is 7.49. The van der Waals surface area contributed by atoms with Crippen LogP contribution in [0.2, 0.25) is 0 Å². The molecule has 2 saturated heterocycles. The number of fused-ring (bicyclic) bond motifs is 1. The van der Waals surface area contributed by atoms with E-state index >= 15 is 0 Å². The summed E-state index contributed by atoms with van der Waals surface area (Å²) in [7, 11) is 2.15. The molecule has 33 heavy (non-hydrogen) atoms. The summed E-state index contributed by atoms with van der Waals surface area (Å²) in [5.74, 6) is 0.399. The van der Waals surface area contributed by atoms with E-state index in [2.05, 4.69) is 47.0 Å². The molecule has 0 spiro atoms. The molecule has 0 unspecified atom stereocenters. The van der Waals surface area contributed by atoms with Crippen molar-refractivity contribution in [2.24, 2.45) is 5.92 Å². The van der Waals surface area contributed by atoms with Crippen molar-refractivity contribution in [1.82, 2.24) is 24.8 Å². The number of aromatic amines is 1. The van der Waals surface area contributed by atoms with Crippen LogP contribution in [0.5, 0.6) is 0 Å². The van der Waals surface area contributed by atoms with Gasteiger partial charge in [-0.25, -0.2) is 10.0 Å². The summed E-state index contributed by atoms with van der Waals surface area (Å²) in [6.07, 6.45) is 4.62. The second-order valence-electron chi connectivity index (χ2n) is 9.37. The van der Waals surface area contributed by atoms with E-state index < -0.39 is 5.92 Å². The molecule has 180 valence electrons. The number of aromatic nitrogens is 2. The monoisotopic (exact) mass is 456 g/mol. The summed E-state index contributed by atoms with van der Waals surface area (Å²) in [5.41, 5.74) is 3.09. The summed E-state index contributed by atoms with van der Waals surface area (Å²) < 4.78 is 0. The number of piperazine rings is 1. The molecule has 3 heterocycles. The molecule has 1 aromatic carbocycles. The number of hydrogen-bond donors (Lipinski definition) is 2. The molecule has 9 nitrogen and oxygen atoms in total. The van der Waals surface area contributed by atoms with E-state index in [-0.39, 0.29) is 18.5 Å². The van der Waals surface area contributed by atoms with Crippen molar-refractivity contribution < 1.29 is 14.8 Å². The molecule has 2 aliphatic rings. The number of unbranched alkanes of at least 4 members (excludes halogenated alkanes) is 1. The van der Waals surface area contributed by atoms with E-state index in [1.165, 1.54) is 5.69 Å². The Bertz CT molecular complexity index is 955. The maximum absolute atomic E-state index is 13.4. The van der Waals surface area contributed by atoms with Gasteiger partial charge in [-0.2, -0.15) is 0 Å². The van der Waals surface area contributed by atoms with Crippen molar-refractivity contribution in [2.75, 3.05) is 51.2 Å². The SMILES string of the molecule is CCCC[C@H](CN(O)C=O)C(=O)N1CCC[C@H]1c1nc2cc(N3CCN(C)CC3)ccc2[nH]1. The minimum atomic E-state index is -0.408. The van der Waals surface area contributed by atoms with Crippen LogP contribution in [0.1, 0.15) is 50.9 Å². The van der Waals surface area contributed by atoms with Gasteiger partial charge >= 0.3 is 0 Å². The first-order valence-corrected chi connectivity index (χ1v) is 12.1. The highest BCUT2D eigenvalue weighted by Gasteiger charge is 2.36. The Labute approximate surface area is 195 Å². The fourth-order valence-corrected chi connectivity index (χ4v) is 4.99. The minimum absolute atomic E-state index is 0.00886. The Morgan fingerprint density at radius 1 is 1.30 bits per heavy atom. The molecular weight excluding hydrogens is 420 g/mol. The lowest BCUT2D eigenvalue weighted by Crippen LogP contribution is -2.44. The number of rotatable bonds is 9. The Balaban J connectivity index is 1.52. The molecule has 9 heteroatoms. The number of amides is 2. The van der Waals surface area contributed by atoms with E-state index in [9.17, 15) is 14.8 Å². The fourth-order valence-electron chi connectivity index (χ4n) is 4.99. The van der Waals surface area contributed by atoms with Crippen LogP contribution < -0.4 is 4.90 Å². The van der Waals surface area contributed by atoms with Crippen LogP contribution in [0.3, 0.4) is 0 Å². The number of H-pyrrole nitrogens is 1. The normalized spacial score (nSPS) is 20.4. The van der Waals surface area contributed by atoms with Gasteiger partial charge in [-0.05, 0) is 44.5 Å². The molecule has 4 rings (SSSR count). The number of nitrogens with zero attached hydrogens (tertiary/aromatic N) is 5. The van der Waals surface area contributed by atoms with Crippen molar-refractivity contribution >= 4 is 29.0 Å². The molecule has 0 bridgehead atoms. The van der Waals surface area contributed by atoms with Crippen molar-refractivity contribution in [3.63, 3.8) is 0 Å². The average Bonchev–Trinajstić information content (AvgIpc) is 3.48. The number of carbonyl (C=O) groups excluding carboxylic acids is 2. The van der Waals surface area contributed by atoms with Gasteiger partial charge in [-0.15, -0.1) is 0 Å². The van der Waals surface area contributed by atoms with Crippen molar-refractivity contribution in [2.45, 2.75) is 45.1 Å². The number of imidazole rings is 1.